The second kappa shape index (κ2) is 13.0. The van der Waals surface area contributed by atoms with Crippen LogP contribution in [0.2, 0.25) is 0 Å². The highest BCUT2D eigenvalue weighted by molar-refractivity contribution is 5.97. The minimum Gasteiger partial charge on any atom is -0.480 e. The van der Waals surface area contributed by atoms with Crippen molar-refractivity contribution in [3.63, 3.8) is 0 Å². The molecule has 0 heterocycles. The Morgan fingerprint density at radius 2 is 1.71 bits per heavy atom. The first-order chi connectivity index (χ1) is 15.8. The Bertz CT molecular complexity index is 847. The fourth-order valence-electron chi connectivity index (χ4n) is 2.93. The lowest BCUT2D eigenvalue weighted by atomic mass is 10.0. The largest absolute Gasteiger partial charge is 0.480 e. The molecular weight excluding hydrogens is 471 g/mol. The summed E-state index contributed by atoms with van der Waals surface area (Å²) in [6.45, 7) is -0.148. The van der Waals surface area contributed by atoms with Gasteiger partial charge in [-0.3, -0.25) is 14.9 Å². The minimum absolute atomic E-state index is 0.249. The summed E-state index contributed by atoms with van der Waals surface area (Å²) in [6, 6.07) is 1.31. The summed E-state index contributed by atoms with van der Waals surface area (Å²) in [5.74, 6) is -7.87. The smallest absolute Gasteiger partial charge is 0.456 e. The number of hydrogen-bond acceptors (Lipinski definition) is 6. The van der Waals surface area contributed by atoms with E-state index in [1.807, 2.05) is 0 Å². The van der Waals surface area contributed by atoms with Gasteiger partial charge in [0.1, 0.15) is 6.04 Å². The second-order valence-corrected chi connectivity index (χ2v) is 7.54. The molecule has 0 fully saturated rings. The number of esters is 1. The van der Waals surface area contributed by atoms with Crippen molar-refractivity contribution < 1.29 is 45.9 Å². The van der Waals surface area contributed by atoms with Crippen molar-refractivity contribution in [2.24, 2.45) is 0 Å². The van der Waals surface area contributed by atoms with Crippen molar-refractivity contribution in [3.8, 4) is 5.75 Å². The number of nitrogens with zero attached hydrogens (tertiary/aromatic N) is 1. The van der Waals surface area contributed by atoms with Gasteiger partial charge < -0.3 is 14.8 Å². The van der Waals surface area contributed by atoms with Crippen molar-refractivity contribution in [1.82, 2.24) is 5.32 Å². The number of halogens is 5. The third-order valence-electron chi connectivity index (χ3n) is 4.88. The Kier molecular flexibility index (Phi) is 11.1. The highest BCUT2D eigenvalue weighted by atomic mass is 19.4. The number of nitro groups is 1. The van der Waals surface area contributed by atoms with Gasteiger partial charge in [0.25, 0.3) is 5.91 Å². The van der Waals surface area contributed by atoms with E-state index in [0.717, 1.165) is 51.3 Å². The van der Waals surface area contributed by atoms with Gasteiger partial charge in [0.05, 0.1) is 12.0 Å². The van der Waals surface area contributed by atoms with Crippen LogP contribution in [0.1, 0.15) is 62.2 Å². The van der Waals surface area contributed by atoms with Crippen molar-refractivity contribution in [2.45, 2.75) is 70.0 Å². The van der Waals surface area contributed by atoms with E-state index in [-0.39, 0.29) is 12.0 Å². The Morgan fingerprint density at radius 1 is 1.09 bits per heavy atom. The average Bonchev–Trinajstić information content (AvgIpc) is 2.77. The first-order valence-corrected chi connectivity index (χ1v) is 10.6. The molecule has 1 amide bonds. The minimum atomic E-state index is -5.93. The summed E-state index contributed by atoms with van der Waals surface area (Å²) < 4.78 is 72.5. The highest BCUT2D eigenvalue weighted by Crippen LogP contribution is 2.37. The predicted molar refractivity (Wildman–Crippen MR) is 111 cm³/mol. The summed E-state index contributed by atoms with van der Waals surface area (Å²) in [5, 5.41) is 13.5. The normalized spacial score (nSPS) is 12.7. The van der Waals surface area contributed by atoms with E-state index in [0.29, 0.717) is 12.5 Å². The molecule has 192 valence electrons. The number of rotatable bonds is 14. The predicted octanol–water partition coefficient (Wildman–Crippen LogP) is 5.19. The summed E-state index contributed by atoms with van der Waals surface area (Å²) in [4.78, 5) is 34.6. The van der Waals surface area contributed by atoms with E-state index in [9.17, 15) is 41.7 Å². The van der Waals surface area contributed by atoms with E-state index in [4.69, 9.17) is 0 Å². The van der Waals surface area contributed by atoms with Crippen molar-refractivity contribution >= 4 is 17.6 Å². The first-order valence-electron chi connectivity index (χ1n) is 10.6. The number of alkyl halides is 5. The fraction of sp³-hybridized carbons (Fsp3) is 0.619. The molecule has 0 aromatic heterocycles. The molecule has 0 bridgehead atoms. The van der Waals surface area contributed by atoms with Crippen LogP contribution in [0.4, 0.5) is 27.6 Å². The van der Waals surface area contributed by atoms with E-state index < -0.39 is 53.0 Å². The third-order valence-corrected chi connectivity index (χ3v) is 4.88. The van der Waals surface area contributed by atoms with Crippen LogP contribution in [0.5, 0.6) is 5.75 Å². The molecule has 0 radical (unpaired) electrons. The zero-order valence-electron chi connectivity index (χ0n) is 18.8. The van der Waals surface area contributed by atoms with Gasteiger partial charge in [-0.05, 0) is 12.5 Å². The Morgan fingerprint density at radius 3 is 2.26 bits per heavy atom. The monoisotopic (exact) mass is 498 g/mol. The zero-order chi connectivity index (χ0) is 25.9. The lowest BCUT2D eigenvalue weighted by Crippen LogP contribution is -2.42. The van der Waals surface area contributed by atoms with Gasteiger partial charge in [-0.2, -0.15) is 22.0 Å². The lowest BCUT2D eigenvalue weighted by molar-refractivity contribution is -0.386. The van der Waals surface area contributed by atoms with Gasteiger partial charge in [0.15, 0.2) is 12.4 Å². The molecular formula is C21H27F5N2O6. The van der Waals surface area contributed by atoms with Crippen LogP contribution in [-0.2, 0) is 9.53 Å². The number of ether oxygens (including phenoxy) is 2. The molecule has 1 N–H and O–H groups in total. The number of nitro benzene ring substituents is 1. The van der Waals surface area contributed by atoms with Gasteiger partial charge in [0.2, 0.25) is 0 Å². The number of unbranched alkanes of at least 4 members (excludes halogenated alkanes) is 5. The summed E-state index contributed by atoms with van der Waals surface area (Å²) >= 11 is 0. The standard InChI is InChI=1S/C21H27F5N2O6/c1-3-4-5-6-7-8-9-15(19(30)33-2)27-18(29)14-10-11-16(28(31)32)17(12-14)34-13-20(22,23)21(24,25)26/h10-12,15H,3-9,13H2,1-2H3,(H,27,29)/t15-/m0/s1. The van der Waals surface area contributed by atoms with Crippen LogP contribution in [-0.4, -0.2) is 48.7 Å². The number of carbonyl (C=O) groups is 2. The molecule has 0 saturated carbocycles. The molecule has 0 aliphatic carbocycles. The lowest BCUT2D eigenvalue weighted by Gasteiger charge is -2.20. The maximum absolute atomic E-state index is 13.2. The first kappa shape index (κ1) is 29.0. The highest BCUT2D eigenvalue weighted by Gasteiger charge is 2.58. The molecule has 0 spiro atoms. The molecule has 13 heteroatoms. The number of methoxy groups -OCH3 is 1. The van der Waals surface area contributed by atoms with E-state index in [1.165, 1.54) is 0 Å². The van der Waals surface area contributed by atoms with Crippen LogP contribution >= 0.6 is 0 Å². The molecule has 1 rings (SSSR count). The molecule has 1 aromatic carbocycles. The summed E-state index contributed by atoms with van der Waals surface area (Å²) in [6.07, 6.45) is -0.144. The Balaban J connectivity index is 2.96. The maximum atomic E-state index is 13.2. The van der Waals surface area contributed by atoms with Gasteiger partial charge in [-0.25, -0.2) is 4.79 Å². The molecule has 0 unspecified atom stereocenters. The molecule has 0 saturated heterocycles. The molecule has 34 heavy (non-hydrogen) atoms. The molecule has 1 atom stereocenters. The van der Waals surface area contributed by atoms with Crippen molar-refractivity contribution in [1.29, 1.82) is 0 Å². The number of carbonyl (C=O) groups excluding carboxylic acids is 2. The number of hydrogen-bond donors (Lipinski definition) is 1. The number of benzene rings is 1. The quantitative estimate of drug-likeness (QED) is 0.124. The molecule has 8 nitrogen and oxygen atoms in total. The van der Waals surface area contributed by atoms with Gasteiger partial charge in [0, 0.05) is 17.7 Å². The van der Waals surface area contributed by atoms with Crippen LogP contribution in [0.15, 0.2) is 18.2 Å². The van der Waals surface area contributed by atoms with E-state index >= 15 is 0 Å². The summed E-state index contributed by atoms with van der Waals surface area (Å²) in [7, 11) is 1.13. The van der Waals surface area contributed by atoms with E-state index in [1.54, 1.807) is 0 Å². The molecule has 0 aliphatic rings. The Labute approximate surface area is 192 Å². The topological polar surface area (TPSA) is 108 Å². The second-order valence-electron chi connectivity index (χ2n) is 7.54. The average molecular weight is 498 g/mol. The molecule has 0 aliphatic heterocycles. The molecule has 1 aromatic rings. The van der Waals surface area contributed by atoms with Crippen LogP contribution < -0.4 is 10.1 Å². The van der Waals surface area contributed by atoms with Gasteiger partial charge >= 0.3 is 23.8 Å². The third kappa shape index (κ3) is 8.75. The van der Waals surface area contributed by atoms with E-state index in [2.05, 4.69) is 21.7 Å². The zero-order valence-corrected chi connectivity index (χ0v) is 18.8. The Hall–Kier alpha value is -2.99. The van der Waals surface area contributed by atoms with Crippen LogP contribution in [0.3, 0.4) is 0 Å². The number of nitrogens with one attached hydrogen (secondary N) is 1. The maximum Gasteiger partial charge on any atom is 0.456 e. The van der Waals surface area contributed by atoms with Gasteiger partial charge in [-0.15, -0.1) is 0 Å². The van der Waals surface area contributed by atoms with Crippen molar-refractivity contribution in [2.75, 3.05) is 13.7 Å². The van der Waals surface area contributed by atoms with Crippen LogP contribution in [0.25, 0.3) is 0 Å². The summed E-state index contributed by atoms with van der Waals surface area (Å²) in [5.41, 5.74) is -1.25. The van der Waals surface area contributed by atoms with Gasteiger partial charge in [-0.1, -0.05) is 45.4 Å². The van der Waals surface area contributed by atoms with Crippen LogP contribution in [0, 0.1) is 10.1 Å². The number of amides is 1. The van der Waals surface area contributed by atoms with Crippen molar-refractivity contribution in [3.05, 3.63) is 33.9 Å². The SMILES string of the molecule is CCCCCCCC[C@H](NC(=O)c1ccc([N+](=O)[O-])c(OCC(F)(F)C(F)(F)F)c1)C(=O)OC. The fourth-order valence-corrected chi connectivity index (χ4v) is 2.93.